The molecular formula is C21H18ClF3N4O2. The van der Waals surface area contributed by atoms with Gasteiger partial charge in [-0.25, -0.2) is 9.97 Å². The number of ether oxygens (including phenoxy) is 2. The van der Waals surface area contributed by atoms with Gasteiger partial charge >= 0.3 is 6.18 Å². The lowest BCUT2D eigenvalue weighted by Gasteiger charge is -2.15. The van der Waals surface area contributed by atoms with Crippen molar-refractivity contribution in [3.8, 4) is 22.8 Å². The number of nitrogens with zero attached hydrogens (tertiary/aromatic N) is 4. The van der Waals surface area contributed by atoms with Crippen molar-refractivity contribution in [1.29, 1.82) is 0 Å². The van der Waals surface area contributed by atoms with Crippen LogP contribution < -0.4 is 9.47 Å². The molecule has 31 heavy (non-hydrogen) atoms. The standard InChI is InChI=1S/C21H18ClF3N4O2/c1-11-26-8-16(15-6-19(22)28-9-17(15)21(23,24)25)20(29-11)31-10-12-5-14(12)18-4-3-13(30-2)7-27-18/h3-4,6-9,12,14H,5,10H2,1-2H3/t12-,14+/m1/s1. The Morgan fingerprint density at radius 3 is 2.58 bits per heavy atom. The molecule has 1 saturated carbocycles. The first-order valence-corrected chi connectivity index (χ1v) is 9.83. The maximum absolute atomic E-state index is 13.5. The van der Waals surface area contributed by atoms with E-state index in [1.54, 1.807) is 20.2 Å². The highest BCUT2D eigenvalue weighted by Gasteiger charge is 2.40. The quantitative estimate of drug-likeness (QED) is 0.486. The summed E-state index contributed by atoms with van der Waals surface area (Å²) in [7, 11) is 1.58. The normalized spacial score (nSPS) is 18.0. The molecule has 2 atom stereocenters. The number of halogens is 4. The van der Waals surface area contributed by atoms with Crippen LogP contribution in [0.5, 0.6) is 11.6 Å². The van der Waals surface area contributed by atoms with E-state index in [1.165, 1.54) is 6.20 Å². The van der Waals surface area contributed by atoms with Crippen molar-refractivity contribution >= 4 is 11.6 Å². The van der Waals surface area contributed by atoms with E-state index in [9.17, 15) is 13.2 Å². The van der Waals surface area contributed by atoms with E-state index in [0.29, 0.717) is 24.4 Å². The third-order valence-electron chi connectivity index (χ3n) is 5.07. The van der Waals surface area contributed by atoms with Crippen LogP contribution in [-0.4, -0.2) is 33.7 Å². The number of alkyl halides is 3. The largest absolute Gasteiger partial charge is 0.495 e. The summed E-state index contributed by atoms with van der Waals surface area (Å²) in [4.78, 5) is 16.2. The molecule has 0 bridgehead atoms. The number of hydrogen-bond donors (Lipinski definition) is 0. The summed E-state index contributed by atoms with van der Waals surface area (Å²) in [6, 6.07) is 4.89. The van der Waals surface area contributed by atoms with E-state index in [-0.39, 0.29) is 34.0 Å². The number of aromatic nitrogens is 4. The Bertz CT molecular complexity index is 1090. The van der Waals surface area contributed by atoms with Crippen LogP contribution in [0.2, 0.25) is 5.15 Å². The van der Waals surface area contributed by atoms with Gasteiger partial charge in [0.05, 0.1) is 31.0 Å². The first-order chi connectivity index (χ1) is 14.8. The highest BCUT2D eigenvalue weighted by molar-refractivity contribution is 6.29. The van der Waals surface area contributed by atoms with Crippen LogP contribution in [0, 0.1) is 12.8 Å². The van der Waals surface area contributed by atoms with E-state index >= 15 is 0 Å². The van der Waals surface area contributed by atoms with Gasteiger partial charge in [0, 0.05) is 35.5 Å². The van der Waals surface area contributed by atoms with E-state index in [2.05, 4.69) is 19.9 Å². The molecule has 0 N–H and O–H groups in total. The molecule has 6 nitrogen and oxygen atoms in total. The van der Waals surface area contributed by atoms with Crippen molar-refractivity contribution < 1.29 is 22.6 Å². The second kappa shape index (κ2) is 8.30. The first kappa shape index (κ1) is 21.3. The smallest absolute Gasteiger partial charge is 0.418 e. The third-order valence-corrected chi connectivity index (χ3v) is 5.28. The molecule has 3 heterocycles. The minimum atomic E-state index is -4.61. The fraction of sp³-hybridized carbons (Fsp3) is 0.333. The van der Waals surface area contributed by atoms with Crippen molar-refractivity contribution in [3.05, 3.63) is 59.0 Å². The van der Waals surface area contributed by atoms with Crippen LogP contribution in [-0.2, 0) is 6.18 Å². The maximum Gasteiger partial charge on any atom is 0.418 e. The highest BCUT2D eigenvalue weighted by atomic mass is 35.5. The Balaban J connectivity index is 1.56. The molecule has 162 valence electrons. The number of methoxy groups -OCH3 is 1. The first-order valence-electron chi connectivity index (χ1n) is 9.45. The Kier molecular flexibility index (Phi) is 5.70. The van der Waals surface area contributed by atoms with Crippen LogP contribution in [0.15, 0.2) is 36.8 Å². The molecule has 1 fully saturated rings. The molecule has 0 amide bonds. The molecule has 0 aliphatic heterocycles. The maximum atomic E-state index is 13.5. The summed E-state index contributed by atoms with van der Waals surface area (Å²) in [5, 5.41) is -0.0673. The summed E-state index contributed by atoms with van der Waals surface area (Å²) in [6.45, 7) is 1.93. The Morgan fingerprint density at radius 1 is 1.10 bits per heavy atom. The van der Waals surface area contributed by atoms with Gasteiger partial charge in [0.25, 0.3) is 0 Å². The summed E-state index contributed by atoms with van der Waals surface area (Å²) in [6.07, 6.45) is -0.0742. The van der Waals surface area contributed by atoms with E-state index in [0.717, 1.165) is 18.2 Å². The van der Waals surface area contributed by atoms with Gasteiger partial charge in [-0.05, 0) is 31.5 Å². The monoisotopic (exact) mass is 450 g/mol. The second-order valence-corrected chi connectivity index (χ2v) is 7.61. The molecular weight excluding hydrogens is 433 g/mol. The lowest BCUT2D eigenvalue weighted by Crippen LogP contribution is -2.10. The van der Waals surface area contributed by atoms with Crippen LogP contribution in [0.1, 0.15) is 29.4 Å². The van der Waals surface area contributed by atoms with Crippen molar-refractivity contribution in [2.24, 2.45) is 5.92 Å². The highest BCUT2D eigenvalue weighted by Crippen LogP contribution is 2.47. The molecule has 3 aromatic rings. The predicted octanol–water partition coefficient (Wildman–Crippen LogP) is 5.11. The van der Waals surface area contributed by atoms with Crippen molar-refractivity contribution in [1.82, 2.24) is 19.9 Å². The van der Waals surface area contributed by atoms with Gasteiger partial charge in [-0.1, -0.05) is 11.6 Å². The minimum absolute atomic E-state index is 0.0673. The molecule has 1 aliphatic carbocycles. The summed E-state index contributed by atoms with van der Waals surface area (Å²) >= 11 is 5.87. The summed E-state index contributed by atoms with van der Waals surface area (Å²) in [5.41, 5.74) is -0.0663. The molecule has 3 aromatic heterocycles. The molecule has 0 aromatic carbocycles. The van der Waals surface area contributed by atoms with Crippen LogP contribution in [0.25, 0.3) is 11.1 Å². The molecule has 4 rings (SSSR count). The topological polar surface area (TPSA) is 70.0 Å². The Hall–Kier alpha value is -2.94. The van der Waals surface area contributed by atoms with Crippen molar-refractivity contribution in [3.63, 3.8) is 0 Å². The molecule has 10 heteroatoms. The Labute approximate surface area is 181 Å². The number of hydrogen-bond acceptors (Lipinski definition) is 6. The van der Waals surface area contributed by atoms with Crippen LogP contribution in [0.3, 0.4) is 0 Å². The zero-order chi connectivity index (χ0) is 22.2. The fourth-order valence-corrected chi connectivity index (χ4v) is 3.49. The minimum Gasteiger partial charge on any atom is -0.495 e. The summed E-state index contributed by atoms with van der Waals surface area (Å²) < 4.78 is 51.5. The average Bonchev–Trinajstić information content (AvgIpc) is 3.51. The van der Waals surface area contributed by atoms with Gasteiger partial charge in [-0.15, -0.1) is 0 Å². The number of pyridine rings is 2. The Morgan fingerprint density at radius 2 is 1.90 bits per heavy atom. The molecule has 0 saturated heterocycles. The fourth-order valence-electron chi connectivity index (χ4n) is 3.33. The molecule has 0 unspecified atom stereocenters. The number of rotatable bonds is 6. The van der Waals surface area contributed by atoms with E-state index in [4.69, 9.17) is 21.1 Å². The van der Waals surface area contributed by atoms with Crippen LogP contribution >= 0.6 is 11.6 Å². The van der Waals surface area contributed by atoms with Gasteiger partial charge in [0.1, 0.15) is 16.7 Å². The lowest BCUT2D eigenvalue weighted by atomic mass is 10.0. The van der Waals surface area contributed by atoms with Crippen molar-refractivity contribution in [2.75, 3.05) is 13.7 Å². The SMILES string of the molecule is COc1ccc([C@H]2C[C@@H]2COc2nc(C)ncc2-c2cc(Cl)ncc2C(F)(F)F)nc1. The third kappa shape index (κ3) is 4.71. The van der Waals surface area contributed by atoms with Gasteiger partial charge < -0.3 is 9.47 Å². The average molecular weight is 451 g/mol. The second-order valence-electron chi connectivity index (χ2n) is 7.22. The zero-order valence-corrected chi connectivity index (χ0v) is 17.4. The lowest BCUT2D eigenvalue weighted by molar-refractivity contribution is -0.137. The summed E-state index contributed by atoms with van der Waals surface area (Å²) in [5.74, 6) is 1.55. The number of aryl methyl sites for hydroxylation is 1. The van der Waals surface area contributed by atoms with Crippen LogP contribution in [0.4, 0.5) is 13.2 Å². The van der Waals surface area contributed by atoms with Gasteiger partial charge in [0.2, 0.25) is 5.88 Å². The molecule has 1 aliphatic rings. The van der Waals surface area contributed by atoms with Gasteiger partial charge in [-0.2, -0.15) is 18.2 Å². The molecule has 0 radical (unpaired) electrons. The van der Waals surface area contributed by atoms with Crippen molar-refractivity contribution in [2.45, 2.75) is 25.4 Å². The van der Waals surface area contributed by atoms with E-state index in [1.807, 2.05) is 12.1 Å². The van der Waals surface area contributed by atoms with Gasteiger partial charge in [0.15, 0.2) is 0 Å². The van der Waals surface area contributed by atoms with E-state index < -0.39 is 11.7 Å². The molecule has 0 spiro atoms. The van der Waals surface area contributed by atoms with Gasteiger partial charge in [-0.3, -0.25) is 4.98 Å². The zero-order valence-electron chi connectivity index (χ0n) is 16.7. The predicted molar refractivity (Wildman–Crippen MR) is 107 cm³/mol.